The number of anilines is 1. The number of rotatable bonds is 9. The van der Waals surface area contributed by atoms with Gasteiger partial charge >= 0.3 is 0 Å². The molecule has 0 unspecified atom stereocenters. The fraction of sp³-hybridized carbons (Fsp3) is 0.684. The summed E-state index contributed by atoms with van der Waals surface area (Å²) in [6, 6.07) is 9.00. The van der Waals surface area contributed by atoms with Gasteiger partial charge in [-0.3, -0.25) is 4.90 Å². The van der Waals surface area contributed by atoms with Crippen molar-refractivity contribution in [2.24, 2.45) is 0 Å². The molecule has 0 saturated carbocycles. The quantitative estimate of drug-likeness (QED) is 0.753. The van der Waals surface area contributed by atoms with Gasteiger partial charge in [-0.1, -0.05) is 44.9 Å². The van der Waals surface area contributed by atoms with Gasteiger partial charge in [0.1, 0.15) is 0 Å². The summed E-state index contributed by atoms with van der Waals surface area (Å²) in [4.78, 5) is 5.19. The SMILES string of the molecule is CCCCN(CCCC)Cc1ccccc1N1CCNCC1. The van der Waals surface area contributed by atoms with Crippen molar-refractivity contribution in [1.82, 2.24) is 10.2 Å². The molecule has 0 bridgehead atoms. The molecule has 0 radical (unpaired) electrons. The molecule has 1 aromatic rings. The van der Waals surface area contributed by atoms with E-state index in [0.717, 1.165) is 32.7 Å². The van der Waals surface area contributed by atoms with Crippen LogP contribution in [0, 0.1) is 0 Å². The maximum Gasteiger partial charge on any atom is 0.0412 e. The zero-order valence-corrected chi connectivity index (χ0v) is 14.5. The van der Waals surface area contributed by atoms with Crippen LogP contribution in [0.3, 0.4) is 0 Å². The van der Waals surface area contributed by atoms with Gasteiger partial charge in [0, 0.05) is 38.4 Å². The first-order valence-electron chi connectivity index (χ1n) is 9.11. The van der Waals surface area contributed by atoms with E-state index in [9.17, 15) is 0 Å². The second-order valence-corrected chi connectivity index (χ2v) is 6.35. The lowest BCUT2D eigenvalue weighted by Gasteiger charge is -2.32. The van der Waals surface area contributed by atoms with Crippen LogP contribution in [0.2, 0.25) is 0 Å². The van der Waals surface area contributed by atoms with Gasteiger partial charge in [0.05, 0.1) is 0 Å². The highest BCUT2D eigenvalue weighted by Crippen LogP contribution is 2.22. The summed E-state index contributed by atoms with van der Waals surface area (Å²) in [6.45, 7) is 12.6. The first-order chi connectivity index (χ1) is 10.8. The lowest BCUT2D eigenvalue weighted by molar-refractivity contribution is 0.257. The van der Waals surface area contributed by atoms with Gasteiger partial charge in [-0.25, -0.2) is 0 Å². The topological polar surface area (TPSA) is 18.5 Å². The molecule has 0 atom stereocenters. The normalized spacial score (nSPS) is 15.5. The van der Waals surface area contributed by atoms with Crippen molar-refractivity contribution >= 4 is 5.69 Å². The van der Waals surface area contributed by atoms with Crippen LogP contribution in [0.15, 0.2) is 24.3 Å². The maximum atomic E-state index is 3.45. The predicted octanol–water partition coefficient (Wildman–Crippen LogP) is 3.50. The lowest BCUT2D eigenvalue weighted by Crippen LogP contribution is -2.44. The third-order valence-corrected chi connectivity index (χ3v) is 4.50. The predicted molar refractivity (Wildman–Crippen MR) is 96.6 cm³/mol. The average Bonchev–Trinajstić information content (AvgIpc) is 2.58. The molecule has 3 nitrogen and oxygen atoms in total. The summed E-state index contributed by atoms with van der Waals surface area (Å²) in [5.74, 6) is 0. The van der Waals surface area contributed by atoms with Gasteiger partial charge in [0.25, 0.3) is 0 Å². The Bertz CT molecular complexity index is 405. The molecule has 124 valence electrons. The summed E-state index contributed by atoms with van der Waals surface area (Å²) in [7, 11) is 0. The van der Waals surface area contributed by atoms with Gasteiger partial charge in [0.2, 0.25) is 0 Å². The van der Waals surface area contributed by atoms with Crippen molar-refractivity contribution in [1.29, 1.82) is 0 Å². The molecule has 1 aliphatic heterocycles. The van der Waals surface area contributed by atoms with Crippen LogP contribution < -0.4 is 10.2 Å². The van der Waals surface area contributed by atoms with E-state index in [0.29, 0.717) is 0 Å². The summed E-state index contributed by atoms with van der Waals surface area (Å²) < 4.78 is 0. The first-order valence-corrected chi connectivity index (χ1v) is 9.11. The van der Waals surface area contributed by atoms with Gasteiger partial charge < -0.3 is 10.2 Å². The van der Waals surface area contributed by atoms with E-state index in [1.54, 1.807) is 0 Å². The van der Waals surface area contributed by atoms with Crippen molar-refractivity contribution in [3.8, 4) is 0 Å². The zero-order chi connectivity index (χ0) is 15.6. The van der Waals surface area contributed by atoms with Gasteiger partial charge in [0.15, 0.2) is 0 Å². The Hall–Kier alpha value is -1.06. The molecule has 1 aliphatic rings. The number of unbranched alkanes of at least 4 members (excludes halogenated alkanes) is 2. The molecule has 2 rings (SSSR count). The van der Waals surface area contributed by atoms with Crippen LogP contribution in [-0.2, 0) is 6.54 Å². The van der Waals surface area contributed by atoms with Crippen LogP contribution in [0.25, 0.3) is 0 Å². The van der Waals surface area contributed by atoms with E-state index in [2.05, 4.69) is 53.2 Å². The van der Waals surface area contributed by atoms with Crippen molar-refractivity contribution in [3.63, 3.8) is 0 Å². The smallest absolute Gasteiger partial charge is 0.0412 e. The molecule has 1 heterocycles. The number of hydrogen-bond donors (Lipinski definition) is 1. The van der Waals surface area contributed by atoms with Gasteiger partial charge in [-0.05, 0) is 37.6 Å². The molecule has 1 fully saturated rings. The second kappa shape index (κ2) is 9.86. The lowest BCUT2D eigenvalue weighted by atomic mass is 10.1. The number of nitrogens with zero attached hydrogens (tertiary/aromatic N) is 2. The first kappa shape index (κ1) is 17.3. The molecule has 0 aliphatic carbocycles. The number of piperazine rings is 1. The van der Waals surface area contributed by atoms with E-state index in [1.165, 1.54) is 50.0 Å². The number of benzene rings is 1. The van der Waals surface area contributed by atoms with Crippen LogP contribution in [-0.4, -0.2) is 44.2 Å². The summed E-state index contributed by atoms with van der Waals surface area (Å²) in [6.07, 6.45) is 5.17. The Balaban J connectivity index is 2.05. The van der Waals surface area contributed by atoms with E-state index in [4.69, 9.17) is 0 Å². The molecule has 0 amide bonds. The number of para-hydroxylation sites is 1. The van der Waals surface area contributed by atoms with Crippen LogP contribution in [0.4, 0.5) is 5.69 Å². The fourth-order valence-electron chi connectivity index (χ4n) is 3.13. The van der Waals surface area contributed by atoms with E-state index < -0.39 is 0 Å². The Kier molecular flexibility index (Phi) is 7.75. The van der Waals surface area contributed by atoms with E-state index >= 15 is 0 Å². The number of nitrogens with one attached hydrogen (secondary N) is 1. The standard InChI is InChI=1S/C19H33N3/c1-3-5-13-21(14-6-4-2)17-18-9-7-8-10-19(18)22-15-11-20-12-16-22/h7-10,20H,3-6,11-17H2,1-2H3. The molecule has 0 aromatic heterocycles. The molecular formula is C19H33N3. The highest BCUT2D eigenvalue weighted by atomic mass is 15.2. The van der Waals surface area contributed by atoms with Crippen molar-refractivity contribution < 1.29 is 0 Å². The Morgan fingerprint density at radius 3 is 2.27 bits per heavy atom. The Morgan fingerprint density at radius 1 is 1.00 bits per heavy atom. The molecule has 0 spiro atoms. The van der Waals surface area contributed by atoms with Gasteiger partial charge in [-0.2, -0.15) is 0 Å². The van der Waals surface area contributed by atoms with Crippen LogP contribution >= 0.6 is 0 Å². The monoisotopic (exact) mass is 303 g/mol. The summed E-state index contributed by atoms with van der Waals surface area (Å²) >= 11 is 0. The Morgan fingerprint density at radius 2 is 1.64 bits per heavy atom. The molecule has 22 heavy (non-hydrogen) atoms. The van der Waals surface area contributed by atoms with Crippen molar-refractivity contribution in [2.45, 2.75) is 46.1 Å². The third kappa shape index (κ3) is 5.29. The highest BCUT2D eigenvalue weighted by Gasteiger charge is 2.15. The van der Waals surface area contributed by atoms with Crippen LogP contribution in [0.5, 0.6) is 0 Å². The van der Waals surface area contributed by atoms with Crippen molar-refractivity contribution in [2.75, 3.05) is 44.2 Å². The zero-order valence-electron chi connectivity index (χ0n) is 14.5. The van der Waals surface area contributed by atoms with Gasteiger partial charge in [-0.15, -0.1) is 0 Å². The third-order valence-electron chi connectivity index (χ3n) is 4.50. The largest absolute Gasteiger partial charge is 0.369 e. The molecule has 3 heteroatoms. The van der Waals surface area contributed by atoms with E-state index in [1.807, 2.05) is 0 Å². The minimum Gasteiger partial charge on any atom is -0.369 e. The summed E-state index contributed by atoms with van der Waals surface area (Å²) in [5.41, 5.74) is 2.94. The molecular weight excluding hydrogens is 270 g/mol. The Labute approximate surface area is 136 Å². The fourth-order valence-corrected chi connectivity index (χ4v) is 3.13. The minimum atomic E-state index is 1.10. The minimum absolute atomic E-state index is 1.10. The van der Waals surface area contributed by atoms with Crippen molar-refractivity contribution in [3.05, 3.63) is 29.8 Å². The molecule has 1 N–H and O–H groups in total. The van der Waals surface area contributed by atoms with E-state index in [-0.39, 0.29) is 0 Å². The average molecular weight is 303 g/mol. The molecule has 1 saturated heterocycles. The highest BCUT2D eigenvalue weighted by molar-refractivity contribution is 5.54. The maximum absolute atomic E-state index is 3.45. The van der Waals surface area contributed by atoms with Crippen LogP contribution in [0.1, 0.15) is 45.1 Å². The molecule has 1 aromatic carbocycles. The number of hydrogen-bond acceptors (Lipinski definition) is 3. The second-order valence-electron chi connectivity index (χ2n) is 6.35. The summed E-state index contributed by atoms with van der Waals surface area (Å²) in [5, 5.41) is 3.45.